The summed E-state index contributed by atoms with van der Waals surface area (Å²) in [5.74, 6) is -0.0945. The average Bonchev–Trinajstić information content (AvgIpc) is 2.23. The maximum atomic E-state index is 14.2. The van der Waals surface area contributed by atoms with Crippen molar-refractivity contribution in [2.24, 2.45) is 0 Å². The molecule has 0 amide bonds. The van der Waals surface area contributed by atoms with Crippen LogP contribution in [0.5, 0.6) is 0 Å². The van der Waals surface area contributed by atoms with Gasteiger partial charge in [-0.15, -0.1) is 0 Å². The maximum absolute atomic E-state index is 14.2. The molecule has 2 nitrogen and oxygen atoms in total. The number of hydrogen-bond donors (Lipinski definition) is 1. The third kappa shape index (κ3) is 4.07. The van der Waals surface area contributed by atoms with Crippen molar-refractivity contribution in [3.8, 4) is 0 Å². The Hall–Kier alpha value is -0.930. The van der Waals surface area contributed by atoms with E-state index in [1.54, 1.807) is 6.07 Å². The second-order valence-electron chi connectivity index (χ2n) is 5.25. The fourth-order valence-corrected chi connectivity index (χ4v) is 2.31. The fraction of sp³-hybridized carbons (Fsp3) is 0.600. The van der Waals surface area contributed by atoms with E-state index in [1.165, 1.54) is 0 Å². The molecule has 102 valence electrons. The molecule has 0 aliphatic rings. The first-order valence-electron chi connectivity index (χ1n) is 6.60. The summed E-state index contributed by atoms with van der Waals surface area (Å²) in [5.41, 5.74) is 2.82. The third-order valence-electron chi connectivity index (χ3n) is 3.02. The summed E-state index contributed by atoms with van der Waals surface area (Å²) in [5, 5.41) is 3.44. The second kappa shape index (κ2) is 6.86. The summed E-state index contributed by atoms with van der Waals surface area (Å²) < 4.78 is 14.2. The smallest absolute Gasteiger partial charge is 0.128 e. The van der Waals surface area contributed by atoms with Gasteiger partial charge in [0.25, 0.3) is 0 Å². The van der Waals surface area contributed by atoms with E-state index in [1.807, 2.05) is 27.9 Å². The van der Waals surface area contributed by atoms with E-state index in [2.05, 4.69) is 23.2 Å². The third-order valence-corrected chi connectivity index (χ3v) is 3.02. The monoisotopic (exact) mass is 252 g/mol. The van der Waals surface area contributed by atoms with E-state index < -0.39 is 0 Å². The zero-order valence-electron chi connectivity index (χ0n) is 12.2. The number of halogens is 1. The summed E-state index contributed by atoms with van der Waals surface area (Å²) in [6.45, 7) is 7.76. The molecule has 1 unspecified atom stereocenters. The van der Waals surface area contributed by atoms with Gasteiger partial charge in [-0.05, 0) is 58.1 Å². The number of hydrogen-bond acceptors (Lipinski definition) is 2. The van der Waals surface area contributed by atoms with E-state index in [4.69, 9.17) is 0 Å². The van der Waals surface area contributed by atoms with Crippen LogP contribution in [0, 0.1) is 19.7 Å². The molecular formula is C15H25FN2. The van der Waals surface area contributed by atoms with Crippen LogP contribution in [-0.4, -0.2) is 32.1 Å². The highest BCUT2D eigenvalue weighted by molar-refractivity contribution is 5.34. The van der Waals surface area contributed by atoms with Gasteiger partial charge in [-0.3, -0.25) is 0 Å². The lowest BCUT2D eigenvalue weighted by Crippen LogP contribution is -2.32. The van der Waals surface area contributed by atoms with Crippen molar-refractivity contribution in [3.63, 3.8) is 0 Å². The molecule has 0 heterocycles. The summed E-state index contributed by atoms with van der Waals surface area (Å²) in [6, 6.07) is 3.73. The van der Waals surface area contributed by atoms with Gasteiger partial charge in [0.2, 0.25) is 0 Å². The topological polar surface area (TPSA) is 15.3 Å². The maximum Gasteiger partial charge on any atom is 0.128 e. The highest BCUT2D eigenvalue weighted by atomic mass is 19.1. The van der Waals surface area contributed by atoms with E-state index in [9.17, 15) is 4.39 Å². The van der Waals surface area contributed by atoms with Crippen LogP contribution in [0.3, 0.4) is 0 Å². The molecule has 1 N–H and O–H groups in total. The Balaban J connectivity index is 3.03. The number of likely N-dealkylation sites (N-methyl/N-ethyl adjacent to an activating group) is 1. The van der Waals surface area contributed by atoms with Gasteiger partial charge in [-0.25, -0.2) is 4.39 Å². The highest BCUT2D eigenvalue weighted by Gasteiger charge is 2.18. The molecule has 0 aromatic heterocycles. The highest BCUT2D eigenvalue weighted by Crippen LogP contribution is 2.23. The van der Waals surface area contributed by atoms with Crippen LogP contribution in [0.4, 0.5) is 4.39 Å². The quantitative estimate of drug-likeness (QED) is 0.837. The molecule has 0 spiro atoms. The van der Waals surface area contributed by atoms with Crippen LogP contribution in [0.25, 0.3) is 0 Å². The van der Waals surface area contributed by atoms with E-state index in [-0.39, 0.29) is 11.9 Å². The molecule has 0 bridgehead atoms. The Kier molecular flexibility index (Phi) is 5.76. The molecule has 0 fully saturated rings. The number of nitrogens with zero attached hydrogens (tertiary/aromatic N) is 1. The van der Waals surface area contributed by atoms with Crippen molar-refractivity contribution in [2.75, 3.05) is 27.2 Å². The van der Waals surface area contributed by atoms with Gasteiger partial charge in [0, 0.05) is 18.2 Å². The van der Waals surface area contributed by atoms with Crippen molar-refractivity contribution < 1.29 is 4.39 Å². The second-order valence-corrected chi connectivity index (χ2v) is 5.25. The minimum absolute atomic E-state index is 0.0561. The predicted molar refractivity (Wildman–Crippen MR) is 75.5 cm³/mol. The summed E-state index contributed by atoms with van der Waals surface area (Å²) in [4.78, 5) is 2.09. The summed E-state index contributed by atoms with van der Waals surface area (Å²) in [6.07, 6.45) is 1.05. The Bertz CT molecular complexity index is 365. The van der Waals surface area contributed by atoms with Crippen LogP contribution in [0.15, 0.2) is 12.1 Å². The van der Waals surface area contributed by atoms with Crippen molar-refractivity contribution in [1.82, 2.24) is 10.2 Å². The molecule has 0 saturated carbocycles. The number of rotatable bonds is 6. The molecule has 3 heteroatoms. The lowest BCUT2D eigenvalue weighted by Gasteiger charge is -2.25. The van der Waals surface area contributed by atoms with Crippen LogP contribution in [-0.2, 0) is 0 Å². The van der Waals surface area contributed by atoms with Crippen molar-refractivity contribution >= 4 is 0 Å². The van der Waals surface area contributed by atoms with E-state index >= 15 is 0 Å². The SMILES string of the molecule is CCCNC(CN(C)C)c1c(C)cc(C)cc1F. The van der Waals surface area contributed by atoms with Gasteiger partial charge >= 0.3 is 0 Å². The Morgan fingerprint density at radius 1 is 1.28 bits per heavy atom. The lowest BCUT2D eigenvalue weighted by molar-refractivity contribution is 0.335. The van der Waals surface area contributed by atoms with Crippen molar-refractivity contribution in [1.29, 1.82) is 0 Å². The first kappa shape index (κ1) is 15.1. The van der Waals surface area contributed by atoms with Gasteiger partial charge in [-0.1, -0.05) is 13.0 Å². The number of nitrogens with one attached hydrogen (secondary N) is 1. The molecular weight excluding hydrogens is 227 g/mol. The zero-order valence-corrected chi connectivity index (χ0v) is 12.2. The molecule has 0 radical (unpaired) electrons. The fourth-order valence-electron chi connectivity index (χ4n) is 2.31. The Labute approximate surface area is 110 Å². The number of benzene rings is 1. The van der Waals surface area contributed by atoms with Crippen LogP contribution >= 0.6 is 0 Å². The predicted octanol–water partition coefficient (Wildman–Crippen LogP) is 3.04. The van der Waals surface area contributed by atoms with Crippen LogP contribution < -0.4 is 5.32 Å². The largest absolute Gasteiger partial charge is 0.309 e. The molecule has 1 aromatic rings. The Morgan fingerprint density at radius 3 is 2.44 bits per heavy atom. The molecule has 0 aliphatic heterocycles. The average molecular weight is 252 g/mol. The molecule has 18 heavy (non-hydrogen) atoms. The first-order chi connectivity index (χ1) is 8.45. The minimum Gasteiger partial charge on any atom is -0.309 e. The van der Waals surface area contributed by atoms with Gasteiger partial charge in [0.15, 0.2) is 0 Å². The minimum atomic E-state index is -0.0945. The van der Waals surface area contributed by atoms with Gasteiger partial charge in [0.1, 0.15) is 5.82 Å². The standard InChI is InChI=1S/C15H25FN2/c1-6-7-17-14(10-18(4)5)15-12(3)8-11(2)9-13(15)16/h8-9,14,17H,6-7,10H2,1-5H3. The molecule has 1 rings (SSSR count). The van der Waals surface area contributed by atoms with E-state index in [0.29, 0.717) is 0 Å². The summed E-state index contributed by atoms with van der Waals surface area (Å²) >= 11 is 0. The van der Waals surface area contributed by atoms with Gasteiger partial charge in [0.05, 0.1) is 0 Å². The molecule has 0 saturated heterocycles. The van der Waals surface area contributed by atoms with Crippen molar-refractivity contribution in [3.05, 3.63) is 34.6 Å². The molecule has 1 atom stereocenters. The summed E-state index contributed by atoms with van der Waals surface area (Å²) in [7, 11) is 4.03. The normalized spacial score (nSPS) is 13.1. The molecule has 1 aromatic carbocycles. The van der Waals surface area contributed by atoms with Crippen molar-refractivity contribution in [2.45, 2.75) is 33.2 Å². The lowest BCUT2D eigenvalue weighted by atomic mass is 9.98. The van der Waals surface area contributed by atoms with Gasteiger partial charge < -0.3 is 10.2 Å². The molecule has 0 aliphatic carbocycles. The van der Waals surface area contributed by atoms with Gasteiger partial charge in [-0.2, -0.15) is 0 Å². The number of aryl methyl sites for hydroxylation is 2. The van der Waals surface area contributed by atoms with E-state index in [0.717, 1.165) is 36.2 Å². The van der Waals surface area contributed by atoms with Crippen LogP contribution in [0.1, 0.15) is 36.1 Å². The van der Waals surface area contributed by atoms with Crippen LogP contribution in [0.2, 0.25) is 0 Å². The Morgan fingerprint density at radius 2 is 1.94 bits per heavy atom. The first-order valence-corrected chi connectivity index (χ1v) is 6.60. The zero-order chi connectivity index (χ0) is 13.7.